The Hall–Kier alpha value is -2.90. The highest BCUT2D eigenvalue weighted by Crippen LogP contribution is 2.33. The van der Waals surface area contributed by atoms with E-state index in [1.165, 1.54) is 16.9 Å². The van der Waals surface area contributed by atoms with Crippen LogP contribution in [0.3, 0.4) is 0 Å². The van der Waals surface area contributed by atoms with E-state index < -0.39 is 0 Å². The molecule has 4 aromatic rings. The third-order valence-corrected chi connectivity index (χ3v) is 6.05. The van der Waals surface area contributed by atoms with Crippen molar-refractivity contribution in [3.8, 4) is 10.9 Å². The van der Waals surface area contributed by atoms with Crippen LogP contribution in [0, 0.1) is 5.92 Å². The fourth-order valence-electron chi connectivity index (χ4n) is 3.85. The van der Waals surface area contributed by atoms with E-state index in [0.29, 0.717) is 16.8 Å². The highest BCUT2D eigenvalue weighted by Gasteiger charge is 2.29. The van der Waals surface area contributed by atoms with Crippen LogP contribution in [0.5, 0.6) is 10.9 Å². The summed E-state index contributed by atoms with van der Waals surface area (Å²) < 4.78 is 18.5. The van der Waals surface area contributed by atoms with Gasteiger partial charge in [0.05, 0.1) is 24.5 Å². The summed E-state index contributed by atoms with van der Waals surface area (Å²) in [4.78, 5) is 11.0. The maximum Gasteiger partial charge on any atom is 0.281 e. The molecule has 1 atom stereocenters. The molecular formula is C21H17N3O3S. The average Bonchev–Trinajstić information content (AvgIpc) is 3.43. The molecule has 1 unspecified atom stereocenters. The lowest BCUT2D eigenvalue weighted by atomic mass is 10.1. The summed E-state index contributed by atoms with van der Waals surface area (Å²) >= 11 is 1.49. The first kappa shape index (κ1) is 16.1. The number of benzene rings is 1. The van der Waals surface area contributed by atoms with Gasteiger partial charge in [-0.3, -0.25) is 0 Å². The summed E-state index contributed by atoms with van der Waals surface area (Å²) in [6.45, 7) is 3.38. The predicted octanol–water partition coefficient (Wildman–Crippen LogP) is 4.58. The van der Waals surface area contributed by atoms with Crippen LogP contribution in [-0.4, -0.2) is 34.6 Å². The van der Waals surface area contributed by atoms with E-state index in [-0.39, 0.29) is 0 Å². The largest absolute Gasteiger partial charge is 0.459 e. The number of fused-ring (bicyclic) bond motifs is 3. The molecule has 0 bridgehead atoms. The fourth-order valence-corrected chi connectivity index (χ4v) is 4.64. The number of hydrogen-bond acceptors (Lipinski definition) is 7. The summed E-state index contributed by atoms with van der Waals surface area (Å²) in [5.41, 5.74) is 2.98. The number of furan rings is 1. The van der Waals surface area contributed by atoms with Crippen LogP contribution >= 0.6 is 11.3 Å². The molecule has 1 aromatic carbocycles. The molecule has 28 heavy (non-hydrogen) atoms. The monoisotopic (exact) mass is 391 g/mol. The van der Waals surface area contributed by atoms with Gasteiger partial charge in [-0.2, -0.15) is 4.98 Å². The van der Waals surface area contributed by atoms with E-state index in [1.54, 1.807) is 6.20 Å². The van der Waals surface area contributed by atoms with Crippen molar-refractivity contribution >= 4 is 32.7 Å². The predicted molar refractivity (Wildman–Crippen MR) is 107 cm³/mol. The molecule has 7 heteroatoms. The minimum Gasteiger partial charge on any atom is -0.459 e. The molecule has 1 saturated heterocycles. The molecule has 6 rings (SSSR count). The SMILES string of the molecule is C1=C2COCC2CN1Cc1cc2cc(Oc3nc4ncccc4s3)ccc2o1. The Morgan fingerprint density at radius 1 is 1.25 bits per heavy atom. The van der Waals surface area contributed by atoms with E-state index in [1.807, 2.05) is 30.3 Å². The topological polar surface area (TPSA) is 60.6 Å². The summed E-state index contributed by atoms with van der Waals surface area (Å²) in [6.07, 6.45) is 3.96. The van der Waals surface area contributed by atoms with Crippen LogP contribution < -0.4 is 4.74 Å². The van der Waals surface area contributed by atoms with Gasteiger partial charge in [0, 0.05) is 30.2 Å². The molecule has 2 aliphatic heterocycles. The first-order chi connectivity index (χ1) is 13.8. The molecule has 0 saturated carbocycles. The zero-order valence-corrected chi connectivity index (χ0v) is 15.8. The highest BCUT2D eigenvalue weighted by molar-refractivity contribution is 7.20. The van der Waals surface area contributed by atoms with Crippen molar-refractivity contribution in [1.82, 2.24) is 14.9 Å². The first-order valence-electron chi connectivity index (χ1n) is 9.24. The summed E-state index contributed by atoms with van der Waals surface area (Å²) in [5.74, 6) is 2.25. The molecule has 140 valence electrons. The van der Waals surface area contributed by atoms with Gasteiger partial charge in [0.15, 0.2) is 5.65 Å². The van der Waals surface area contributed by atoms with Crippen molar-refractivity contribution < 1.29 is 13.9 Å². The van der Waals surface area contributed by atoms with E-state index in [0.717, 1.165) is 53.5 Å². The smallest absolute Gasteiger partial charge is 0.281 e. The second kappa shape index (κ2) is 6.32. The quantitative estimate of drug-likeness (QED) is 0.508. The summed E-state index contributed by atoms with van der Waals surface area (Å²) in [7, 11) is 0. The number of aromatic nitrogens is 2. The summed E-state index contributed by atoms with van der Waals surface area (Å²) in [6, 6.07) is 11.8. The zero-order chi connectivity index (χ0) is 18.5. The Bertz CT molecular complexity index is 1180. The van der Waals surface area contributed by atoms with Crippen molar-refractivity contribution in [2.75, 3.05) is 19.8 Å². The zero-order valence-electron chi connectivity index (χ0n) is 15.0. The van der Waals surface area contributed by atoms with Gasteiger partial charge >= 0.3 is 0 Å². The van der Waals surface area contributed by atoms with E-state index in [2.05, 4.69) is 27.1 Å². The third-order valence-electron chi connectivity index (χ3n) is 5.16. The Morgan fingerprint density at radius 2 is 2.25 bits per heavy atom. The van der Waals surface area contributed by atoms with Gasteiger partial charge in [0.1, 0.15) is 17.1 Å². The fraction of sp³-hybridized carbons (Fsp3) is 0.238. The summed E-state index contributed by atoms with van der Waals surface area (Å²) in [5, 5.41) is 1.62. The molecule has 0 radical (unpaired) electrons. The van der Waals surface area contributed by atoms with Crippen LogP contribution in [0.15, 0.2) is 58.8 Å². The Morgan fingerprint density at radius 3 is 3.18 bits per heavy atom. The van der Waals surface area contributed by atoms with Crippen LogP contribution in [0.1, 0.15) is 5.76 Å². The molecule has 5 heterocycles. The van der Waals surface area contributed by atoms with Crippen LogP contribution in [-0.2, 0) is 11.3 Å². The first-order valence-corrected chi connectivity index (χ1v) is 10.1. The molecule has 0 spiro atoms. The van der Waals surface area contributed by atoms with E-state index in [9.17, 15) is 0 Å². The second-order valence-corrected chi connectivity index (χ2v) is 8.16. The van der Waals surface area contributed by atoms with Gasteiger partial charge in [0.25, 0.3) is 5.19 Å². The number of pyridine rings is 1. The Kier molecular flexibility index (Phi) is 3.63. The lowest BCUT2D eigenvalue weighted by Crippen LogP contribution is -2.18. The molecule has 2 aliphatic rings. The molecular weight excluding hydrogens is 374 g/mol. The number of nitrogens with zero attached hydrogens (tertiary/aromatic N) is 3. The average molecular weight is 391 g/mol. The van der Waals surface area contributed by atoms with E-state index in [4.69, 9.17) is 13.9 Å². The standard InChI is InChI=1S/C21H17N3O3S/c1-2-19-20(22-5-1)23-21(28-19)27-16-3-4-18-13(6-16)7-17(26-18)10-24-8-14-11-25-12-15(14)9-24/h1-8,15H,9-12H2. The van der Waals surface area contributed by atoms with Gasteiger partial charge in [0.2, 0.25) is 0 Å². The molecule has 0 aliphatic carbocycles. The van der Waals surface area contributed by atoms with Crippen molar-refractivity contribution in [2.24, 2.45) is 5.92 Å². The molecule has 3 aromatic heterocycles. The lowest BCUT2D eigenvalue weighted by Gasteiger charge is -2.15. The minimum atomic E-state index is 0.549. The normalized spacial score (nSPS) is 18.8. The van der Waals surface area contributed by atoms with Crippen molar-refractivity contribution in [1.29, 1.82) is 0 Å². The number of ether oxygens (including phenoxy) is 2. The Labute approximate surface area is 165 Å². The van der Waals surface area contributed by atoms with Crippen molar-refractivity contribution in [3.63, 3.8) is 0 Å². The highest BCUT2D eigenvalue weighted by atomic mass is 32.1. The second-order valence-electron chi connectivity index (χ2n) is 7.16. The van der Waals surface area contributed by atoms with Gasteiger partial charge in [-0.05, 0) is 42.0 Å². The van der Waals surface area contributed by atoms with Crippen molar-refractivity contribution in [2.45, 2.75) is 6.54 Å². The molecule has 0 N–H and O–H groups in total. The minimum absolute atomic E-state index is 0.549. The molecule has 0 amide bonds. The van der Waals surface area contributed by atoms with Crippen LogP contribution in [0.4, 0.5) is 0 Å². The maximum absolute atomic E-state index is 6.02. The van der Waals surface area contributed by atoms with E-state index >= 15 is 0 Å². The van der Waals surface area contributed by atoms with Crippen molar-refractivity contribution in [3.05, 3.63) is 60.1 Å². The van der Waals surface area contributed by atoms with Gasteiger partial charge in [-0.15, -0.1) is 0 Å². The number of thiazole rings is 1. The van der Waals surface area contributed by atoms with Gasteiger partial charge < -0.3 is 18.8 Å². The number of hydrogen-bond donors (Lipinski definition) is 0. The van der Waals surface area contributed by atoms with Crippen LogP contribution in [0.25, 0.3) is 21.3 Å². The molecule has 1 fully saturated rings. The van der Waals surface area contributed by atoms with Gasteiger partial charge in [-0.25, -0.2) is 4.98 Å². The maximum atomic E-state index is 6.02. The molecule has 6 nitrogen and oxygen atoms in total. The van der Waals surface area contributed by atoms with Gasteiger partial charge in [-0.1, -0.05) is 11.3 Å². The number of rotatable bonds is 4. The van der Waals surface area contributed by atoms with Crippen LogP contribution in [0.2, 0.25) is 0 Å². The lowest BCUT2D eigenvalue weighted by molar-refractivity contribution is 0.173. The third kappa shape index (κ3) is 2.83. The Balaban J connectivity index is 1.22.